The summed E-state index contributed by atoms with van der Waals surface area (Å²) in [6.45, 7) is 31.9. The van der Waals surface area contributed by atoms with Crippen LogP contribution in [0.3, 0.4) is 0 Å². The van der Waals surface area contributed by atoms with Crippen LogP contribution in [0.1, 0.15) is 266 Å². The molecule has 1 N–H and O–H groups in total. The molecule has 3 aliphatic heterocycles. The topological polar surface area (TPSA) is 87.0 Å². The zero-order valence-electron chi connectivity index (χ0n) is 54.4. The number of fused-ring (bicyclic) bond motifs is 1. The lowest BCUT2D eigenvalue weighted by Crippen LogP contribution is -2.40. The summed E-state index contributed by atoms with van der Waals surface area (Å²) in [5.41, 5.74) is 10.7. The number of thioether (sulfide) groups is 2. The number of aliphatic imine (C=N–C) groups is 1. The van der Waals surface area contributed by atoms with Crippen LogP contribution < -0.4 is 4.90 Å². The van der Waals surface area contributed by atoms with Gasteiger partial charge in [0.2, 0.25) is 10.2 Å². The second-order valence-corrected chi connectivity index (χ2v) is 33.9. The summed E-state index contributed by atoms with van der Waals surface area (Å²) in [6, 6.07) is 17.8. The predicted octanol–water partition coefficient (Wildman–Crippen LogP) is 23.0. The van der Waals surface area contributed by atoms with Crippen LogP contribution in [0, 0.1) is 43.4 Å². The van der Waals surface area contributed by atoms with Gasteiger partial charge in [0, 0.05) is 76.9 Å². The van der Waals surface area contributed by atoms with Crippen molar-refractivity contribution in [1.82, 2.24) is 0 Å². The zero-order chi connectivity index (χ0) is 62.0. The number of hydrogen-bond acceptors (Lipinski definition) is 12. The Hall–Kier alpha value is -3.88. The van der Waals surface area contributed by atoms with Crippen LogP contribution in [-0.4, -0.2) is 26.8 Å². The smallest absolute Gasteiger partial charge is 0.226 e. The third kappa shape index (κ3) is 12.2. The van der Waals surface area contributed by atoms with Crippen molar-refractivity contribution in [3.05, 3.63) is 122 Å². The minimum Gasteiger partial charge on any atom is -0.369 e. The molecule has 0 saturated heterocycles. The van der Waals surface area contributed by atoms with Gasteiger partial charge in [0.05, 0.1) is 34.5 Å². The molecule has 2 aliphatic carbocycles. The second kappa shape index (κ2) is 26.4. The molecule has 6 nitrogen and oxygen atoms in total. The van der Waals surface area contributed by atoms with E-state index in [1.54, 1.807) is 34.0 Å². The number of aliphatic hydroxyl groups is 1. The molecule has 87 heavy (non-hydrogen) atoms. The molecule has 5 aliphatic rings. The van der Waals surface area contributed by atoms with E-state index in [4.69, 9.17) is 4.99 Å². The number of aryl methyl sites for hydroxylation is 2. The number of aliphatic hydroxyl groups excluding tert-OH is 1. The van der Waals surface area contributed by atoms with Crippen molar-refractivity contribution >= 4 is 123 Å². The molecule has 6 aromatic rings. The van der Waals surface area contributed by atoms with Gasteiger partial charge in [-0.2, -0.15) is 0 Å². The number of Topliss-reactive ketones (excluding diaryl/α,β-unsaturated/α-hetero) is 1. The highest BCUT2D eigenvalue weighted by Crippen LogP contribution is 2.61. The monoisotopic (exact) mass is 1280 g/mol. The summed E-state index contributed by atoms with van der Waals surface area (Å²) in [5, 5.41) is 16.2. The molecular formula is C75H94N2O4S6. The molecule has 7 atom stereocenters. The second-order valence-electron chi connectivity index (χ2n) is 27.5. The number of benzene rings is 2. The molecule has 0 bridgehead atoms. The minimum atomic E-state index is -0.974. The number of unbranched alkanes of at least 4 members (excludes halogenated alkanes) is 5. The first-order valence-electron chi connectivity index (χ1n) is 33.3. The quantitative estimate of drug-likeness (QED) is 0.0514. The highest BCUT2D eigenvalue weighted by atomic mass is 32.2. The first-order chi connectivity index (χ1) is 41.7. The number of nitrogens with zero attached hydrogens (tertiary/aromatic N) is 2. The summed E-state index contributed by atoms with van der Waals surface area (Å²) in [5.74, 6) is 1.56. The van der Waals surface area contributed by atoms with Crippen LogP contribution >= 0.6 is 68.9 Å². The van der Waals surface area contributed by atoms with Gasteiger partial charge >= 0.3 is 0 Å². The normalized spacial score (nSPS) is 21.1. The van der Waals surface area contributed by atoms with E-state index in [0.29, 0.717) is 23.8 Å². The fourth-order valence-corrected chi connectivity index (χ4v) is 22.4. The van der Waals surface area contributed by atoms with Gasteiger partial charge in [-0.1, -0.05) is 178 Å². The lowest BCUT2D eigenvalue weighted by Gasteiger charge is -2.45. The number of hydrogen-bond donors (Lipinski definition) is 1. The van der Waals surface area contributed by atoms with Gasteiger partial charge in [0.25, 0.3) is 0 Å². The van der Waals surface area contributed by atoms with Gasteiger partial charge in [-0.15, -0.1) is 45.3 Å². The number of anilines is 1. The Morgan fingerprint density at radius 3 is 1.95 bits per heavy atom. The summed E-state index contributed by atoms with van der Waals surface area (Å²) in [4.78, 5) is 62.2. The number of thiophene rings is 4. The van der Waals surface area contributed by atoms with Crippen LogP contribution in [0.25, 0.3) is 31.7 Å². The highest BCUT2D eigenvalue weighted by molar-refractivity contribution is 8.25. The summed E-state index contributed by atoms with van der Waals surface area (Å²) in [6.07, 6.45) is 19.2. The molecule has 0 amide bonds. The van der Waals surface area contributed by atoms with Crippen molar-refractivity contribution in [2.45, 2.75) is 236 Å². The van der Waals surface area contributed by atoms with Gasteiger partial charge in [0.15, 0.2) is 12.0 Å². The fraction of sp³-hybridized carbons (Fsp3) is 0.547. The average Bonchev–Trinajstić information content (AvgIpc) is 1.30. The van der Waals surface area contributed by atoms with E-state index in [1.165, 1.54) is 108 Å². The van der Waals surface area contributed by atoms with Crippen molar-refractivity contribution in [2.24, 2.45) is 34.6 Å². The Bertz CT molecular complexity index is 3720. The molecule has 2 aromatic carbocycles. The maximum atomic E-state index is 14.9. The van der Waals surface area contributed by atoms with Crippen LogP contribution in [0.2, 0.25) is 0 Å². The Morgan fingerprint density at radius 2 is 1.31 bits per heavy atom. The maximum absolute atomic E-state index is 14.9. The van der Waals surface area contributed by atoms with E-state index in [-0.39, 0.29) is 44.7 Å². The van der Waals surface area contributed by atoms with Crippen LogP contribution in [0.15, 0.2) is 63.3 Å². The number of carbonyl (C=O) groups is 3. The zero-order valence-corrected chi connectivity index (χ0v) is 59.3. The van der Waals surface area contributed by atoms with Crippen LogP contribution in [0.4, 0.5) is 10.7 Å². The highest BCUT2D eigenvalue weighted by Gasteiger charge is 2.46. The molecule has 0 spiro atoms. The Morgan fingerprint density at radius 1 is 0.678 bits per heavy atom. The third-order valence-electron chi connectivity index (χ3n) is 20.5. The summed E-state index contributed by atoms with van der Waals surface area (Å²) < 4.78 is 0. The van der Waals surface area contributed by atoms with E-state index < -0.39 is 6.23 Å². The van der Waals surface area contributed by atoms with E-state index in [0.717, 1.165) is 146 Å². The van der Waals surface area contributed by atoms with Crippen molar-refractivity contribution in [2.75, 3.05) is 4.90 Å². The van der Waals surface area contributed by atoms with Gasteiger partial charge in [-0.05, 0) is 158 Å². The Labute approximate surface area is 545 Å². The van der Waals surface area contributed by atoms with E-state index >= 15 is 0 Å². The van der Waals surface area contributed by atoms with Gasteiger partial charge in [-0.3, -0.25) is 14.4 Å². The van der Waals surface area contributed by atoms with Crippen molar-refractivity contribution in [1.29, 1.82) is 0 Å². The SMILES string of the molecule is CCCCCCCCC(C)Cc1cc(-c2cc(N3C(O)c4ccc5c6c(ccc(c46)C3C(C)CC)C(=Nc3sc([C@](C)(CC)CC4CC4)cc3C)C(CC)C5=O)c(C)s2)sc1C1=C2SC(=O)C(c3sc(C(C)(CC)CCC)cc3CC(C)C)=C2SC1=O. The lowest BCUT2D eigenvalue weighted by molar-refractivity contribution is -0.106. The van der Waals surface area contributed by atoms with E-state index in [2.05, 4.69) is 138 Å². The number of ketones is 1. The van der Waals surface area contributed by atoms with E-state index in [9.17, 15) is 19.5 Å². The molecule has 7 heterocycles. The van der Waals surface area contributed by atoms with Gasteiger partial charge in [0.1, 0.15) is 5.00 Å². The Balaban J connectivity index is 0.988. The maximum Gasteiger partial charge on any atom is 0.226 e. The standard InChI is InChI=1S/C75H94N2O4S6/c1-15-21-22-23-24-25-26-42(9)35-48-37-55(83-66(48)61-68-69(87-72(61)80)62(73(81)86-68)67-47(34-41(7)8)38-58(84-67)74(13,19-5)33-16-2)56-39-54(45(12)82-56)77-64(43(10)17-3)51-30-29-50-59-52(31-32-53(60(51)59)71(77)79)65(78)49(18-4)63(50)76-70-44(11)36-57(85-70)75(14,20-6)40-46-27-28-46/h29-32,36-39,41-43,46,49,64,71,79H,15-28,33-35,40H2,1-14H3/t42?,43?,49?,64?,71?,74?,75-/m1/s1. The predicted molar refractivity (Wildman–Crippen MR) is 380 cm³/mol. The fourth-order valence-electron chi connectivity index (χ4n) is 14.7. The molecule has 12 heteroatoms. The molecular weight excluding hydrogens is 1190 g/mol. The van der Waals surface area contributed by atoms with Crippen molar-refractivity contribution in [3.8, 4) is 9.75 Å². The van der Waals surface area contributed by atoms with E-state index in [1.807, 2.05) is 23.5 Å². The molecule has 1 saturated carbocycles. The first-order valence-corrected chi connectivity index (χ1v) is 38.2. The van der Waals surface area contributed by atoms with Gasteiger partial charge in [-0.25, -0.2) is 4.99 Å². The average molecular weight is 1280 g/mol. The van der Waals surface area contributed by atoms with Crippen molar-refractivity contribution < 1.29 is 19.5 Å². The van der Waals surface area contributed by atoms with Crippen molar-refractivity contribution in [3.63, 3.8) is 0 Å². The Kier molecular flexibility index (Phi) is 19.6. The minimum absolute atomic E-state index is 0.0291. The molecule has 11 rings (SSSR count). The third-order valence-corrected chi connectivity index (χ3v) is 28.0. The summed E-state index contributed by atoms with van der Waals surface area (Å²) in [7, 11) is 0. The van der Waals surface area contributed by atoms with Crippen LogP contribution in [0.5, 0.6) is 0 Å². The molecule has 464 valence electrons. The molecule has 1 fully saturated rings. The number of rotatable bonds is 27. The summed E-state index contributed by atoms with van der Waals surface area (Å²) >= 11 is 9.64. The lowest BCUT2D eigenvalue weighted by atomic mass is 9.73. The molecule has 0 radical (unpaired) electrons. The molecule has 4 aromatic heterocycles. The first kappa shape index (κ1) is 64.6. The number of carbonyl (C=O) groups excluding carboxylic acids is 3. The molecule has 6 unspecified atom stereocenters. The van der Waals surface area contributed by atoms with Gasteiger partial charge < -0.3 is 10.0 Å². The largest absolute Gasteiger partial charge is 0.369 e. The van der Waals surface area contributed by atoms with Crippen LogP contribution in [-0.2, 0) is 33.3 Å².